The molecule has 8 heteroatoms. The molecule has 0 aliphatic heterocycles. The Bertz CT molecular complexity index is 955. The van der Waals surface area contributed by atoms with Crippen molar-refractivity contribution in [2.45, 2.75) is 24.8 Å². The summed E-state index contributed by atoms with van der Waals surface area (Å²) >= 11 is 0. The maximum absolute atomic E-state index is 12.4. The summed E-state index contributed by atoms with van der Waals surface area (Å²) in [4.78, 5) is 24.4. The molecular formula is C20H25N3O4S. The number of carbonyl (C=O) groups excluding carboxylic acids is 2. The van der Waals surface area contributed by atoms with Gasteiger partial charge >= 0.3 is 0 Å². The number of amides is 2. The molecule has 0 bridgehead atoms. The molecule has 2 rings (SSSR count). The summed E-state index contributed by atoms with van der Waals surface area (Å²) in [5.74, 6) is -0.504. The van der Waals surface area contributed by atoms with Crippen molar-refractivity contribution >= 4 is 21.8 Å². The lowest BCUT2D eigenvalue weighted by Crippen LogP contribution is -2.31. The minimum absolute atomic E-state index is 0.0911. The fourth-order valence-corrected chi connectivity index (χ4v) is 3.71. The van der Waals surface area contributed by atoms with E-state index in [1.54, 1.807) is 30.3 Å². The quantitative estimate of drug-likeness (QED) is 0.701. The molecule has 0 aliphatic rings. The average molecular weight is 404 g/mol. The van der Waals surface area contributed by atoms with Gasteiger partial charge in [0, 0.05) is 39.2 Å². The first-order valence-electron chi connectivity index (χ1n) is 8.84. The molecule has 0 aliphatic carbocycles. The van der Waals surface area contributed by atoms with E-state index in [-0.39, 0.29) is 36.2 Å². The molecule has 0 aromatic heterocycles. The second-order valence-electron chi connectivity index (χ2n) is 6.49. The maximum atomic E-state index is 12.4. The van der Waals surface area contributed by atoms with E-state index in [0.717, 1.165) is 9.87 Å². The largest absolute Gasteiger partial charge is 0.352 e. The molecule has 7 nitrogen and oxygen atoms in total. The Morgan fingerprint density at radius 1 is 0.964 bits per heavy atom. The van der Waals surface area contributed by atoms with Gasteiger partial charge in [-0.25, -0.2) is 12.7 Å². The van der Waals surface area contributed by atoms with Gasteiger partial charge in [0.15, 0.2) is 0 Å². The average Bonchev–Trinajstić information content (AvgIpc) is 2.66. The zero-order valence-electron chi connectivity index (χ0n) is 16.2. The number of sulfonamides is 1. The van der Waals surface area contributed by atoms with Crippen molar-refractivity contribution in [3.8, 4) is 0 Å². The van der Waals surface area contributed by atoms with Crippen molar-refractivity contribution < 1.29 is 18.0 Å². The summed E-state index contributed by atoms with van der Waals surface area (Å²) in [5, 5.41) is 5.42. The monoisotopic (exact) mass is 403 g/mol. The summed E-state index contributed by atoms with van der Waals surface area (Å²) in [7, 11) is -0.673. The van der Waals surface area contributed by atoms with Gasteiger partial charge in [-0.2, -0.15) is 0 Å². The van der Waals surface area contributed by atoms with E-state index in [4.69, 9.17) is 0 Å². The molecule has 0 unspecified atom stereocenters. The van der Waals surface area contributed by atoms with E-state index in [1.165, 1.54) is 20.2 Å². The number of hydrogen-bond acceptors (Lipinski definition) is 4. The van der Waals surface area contributed by atoms with Gasteiger partial charge in [-0.15, -0.1) is 0 Å². The first-order valence-corrected chi connectivity index (χ1v) is 10.3. The Morgan fingerprint density at radius 2 is 1.61 bits per heavy atom. The number of benzene rings is 2. The highest BCUT2D eigenvalue weighted by molar-refractivity contribution is 7.89. The molecule has 0 atom stereocenters. The van der Waals surface area contributed by atoms with Gasteiger partial charge in [-0.05, 0) is 30.2 Å². The van der Waals surface area contributed by atoms with Crippen LogP contribution in [-0.4, -0.2) is 45.2 Å². The molecule has 2 aromatic carbocycles. The van der Waals surface area contributed by atoms with Crippen LogP contribution in [0.25, 0.3) is 0 Å². The third-order valence-corrected chi connectivity index (χ3v) is 6.15. The van der Waals surface area contributed by atoms with Gasteiger partial charge in [-0.1, -0.05) is 36.4 Å². The summed E-state index contributed by atoms with van der Waals surface area (Å²) in [6, 6.07) is 13.8. The van der Waals surface area contributed by atoms with E-state index >= 15 is 0 Å². The maximum Gasteiger partial charge on any atom is 0.251 e. The summed E-state index contributed by atoms with van der Waals surface area (Å²) < 4.78 is 25.9. The van der Waals surface area contributed by atoms with Crippen LogP contribution in [0.1, 0.15) is 27.9 Å². The van der Waals surface area contributed by atoms with Crippen LogP contribution >= 0.6 is 0 Å². The zero-order chi connectivity index (χ0) is 20.7. The molecule has 28 heavy (non-hydrogen) atoms. The zero-order valence-corrected chi connectivity index (χ0v) is 17.0. The lowest BCUT2D eigenvalue weighted by Gasteiger charge is -2.15. The van der Waals surface area contributed by atoms with Gasteiger partial charge in [0.25, 0.3) is 5.91 Å². The minimum Gasteiger partial charge on any atom is -0.352 e. The third kappa shape index (κ3) is 5.40. The van der Waals surface area contributed by atoms with Gasteiger partial charge < -0.3 is 10.6 Å². The van der Waals surface area contributed by atoms with Crippen molar-refractivity contribution in [1.29, 1.82) is 0 Å². The molecule has 0 radical (unpaired) electrons. The molecular weight excluding hydrogens is 378 g/mol. The first kappa shape index (κ1) is 21.6. The first-order chi connectivity index (χ1) is 13.2. The fraction of sp³-hybridized carbons (Fsp3) is 0.300. The highest BCUT2D eigenvalue weighted by atomic mass is 32.2. The van der Waals surface area contributed by atoms with Crippen molar-refractivity contribution in [2.24, 2.45) is 0 Å². The van der Waals surface area contributed by atoms with Crippen molar-refractivity contribution in [1.82, 2.24) is 14.9 Å². The lowest BCUT2D eigenvalue weighted by molar-refractivity contribution is -0.121. The standard InChI is InChI=1S/C20H25N3O4S/c1-15-8-4-6-10-17(15)20(25)21-13-12-19(24)22-14-16-9-5-7-11-18(16)28(26,27)23(2)3/h4-11H,12-14H2,1-3H3,(H,21,25)(H,22,24). The third-order valence-electron chi connectivity index (χ3n) is 4.23. The summed E-state index contributed by atoms with van der Waals surface area (Å²) in [6.45, 7) is 2.13. The molecule has 0 spiro atoms. The van der Waals surface area contributed by atoms with E-state index < -0.39 is 10.0 Å². The number of rotatable bonds is 8. The Morgan fingerprint density at radius 3 is 2.29 bits per heavy atom. The molecule has 0 heterocycles. The second-order valence-corrected chi connectivity index (χ2v) is 8.61. The second kappa shape index (κ2) is 9.48. The number of aryl methyl sites for hydroxylation is 1. The molecule has 150 valence electrons. The van der Waals surface area contributed by atoms with Gasteiger partial charge in [0.2, 0.25) is 15.9 Å². The molecule has 0 fully saturated rings. The normalized spacial score (nSPS) is 11.3. The van der Waals surface area contributed by atoms with Crippen molar-refractivity contribution in [3.05, 3.63) is 65.2 Å². The SMILES string of the molecule is Cc1ccccc1C(=O)NCCC(=O)NCc1ccccc1S(=O)(=O)N(C)C. The Balaban J connectivity index is 1.89. The number of nitrogens with one attached hydrogen (secondary N) is 2. The van der Waals surface area contributed by atoms with Crippen LogP contribution in [-0.2, 0) is 21.4 Å². The van der Waals surface area contributed by atoms with E-state index in [0.29, 0.717) is 11.1 Å². The molecule has 2 N–H and O–H groups in total. The highest BCUT2D eigenvalue weighted by Gasteiger charge is 2.20. The van der Waals surface area contributed by atoms with E-state index in [1.807, 2.05) is 19.1 Å². The van der Waals surface area contributed by atoms with Crippen LogP contribution in [0.4, 0.5) is 0 Å². The Kier molecular flexibility index (Phi) is 7.31. The topological polar surface area (TPSA) is 95.6 Å². The lowest BCUT2D eigenvalue weighted by atomic mass is 10.1. The molecule has 0 saturated carbocycles. The number of nitrogens with zero attached hydrogens (tertiary/aromatic N) is 1. The van der Waals surface area contributed by atoms with Gasteiger partial charge in [-0.3, -0.25) is 9.59 Å². The predicted octanol–water partition coefficient (Wildman–Crippen LogP) is 1.68. The highest BCUT2D eigenvalue weighted by Crippen LogP contribution is 2.18. The van der Waals surface area contributed by atoms with Crippen LogP contribution < -0.4 is 10.6 Å². The van der Waals surface area contributed by atoms with Crippen LogP contribution in [0.15, 0.2) is 53.4 Å². The molecule has 2 amide bonds. The molecule has 2 aromatic rings. The molecule has 0 saturated heterocycles. The smallest absolute Gasteiger partial charge is 0.251 e. The van der Waals surface area contributed by atoms with Gasteiger partial charge in [0.05, 0.1) is 4.90 Å². The van der Waals surface area contributed by atoms with Crippen LogP contribution in [0, 0.1) is 6.92 Å². The minimum atomic E-state index is -3.59. The van der Waals surface area contributed by atoms with E-state index in [9.17, 15) is 18.0 Å². The van der Waals surface area contributed by atoms with Crippen molar-refractivity contribution in [3.63, 3.8) is 0 Å². The van der Waals surface area contributed by atoms with Gasteiger partial charge in [0.1, 0.15) is 0 Å². The fourth-order valence-electron chi connectivity index (χ4n) is 2.59. The van der Waals surface area contributed by atoms with Crippen molar-refractivity contribution in [2.75, 3.05) is 20.6 Å². The summed E-state index contributed by atoms with van der Waals surface area (Å²) in [5.41, 5.74) is 1.95. The van der Waals surface area contributed by atoms with Crippen LogP contribution in [0.3, 0.4) is 0 Å². The number of carbonyl (C=O) groups is 2. The van der Waals surface area contributed by atoms with Crippen LogP contribution in [0.5, 0.6) is 0 Å². The Hall–Kier alpha value is -2.71. The Labute approximate surface area is 165 Å². The predicted molar refractivity (Wildman–Crippen MR) is 107 cm³/mol. The van der Waals surface area contributed by atoms with E-state index in [2.05, 4.69) is 10.6 Å². The van der Waals surface area contributed by atoms with Crippen LogP contribution in [0.2, 0.25) is 0 Å². The number of hydrogen-bond donors (Lipinski definition) is 2. The summed E-state index contributed by atoms with van der Waals surface area (Å²) in [6.07, 6.45) is 0.0974.